The summed E-state index contributed by atoms with van der Waals surface area (Å²) in [5.74, 6) is -2.23. The number of aromatic amines is 2. The van der Waals surface area contributed by atoms with Gasteiger partial charge in [-0.1, -0.05) is 49.0 Å². The Morgan fingerprint density at radius 3 is 2.72 bits per heavy atom. The Balaban J connectivity index is 1.32. The zero-order valence-corrected chi connectivity index (χ0v) is 23.3. The first-order chi connectivity index (χ1) is 20.5. The van der Waals surface area contributed by atoms with E-state index >= 15 is 0 Å². The van der Waals surface area contributed by atoms with Crippen LogP contribution in [0.3, 0.4) is 0 Å². The highest BCUT2D eigenvalue weighted by molar-refractivity contribution is 7.71. The number of amides is 1. The summed E-state index contributed by atoms with van der Waals surface area (Å²) in [6.07, 6.45) is 2.23. The highest BCUT2D eigenvalue weighted by Crippen LogP contribution is 2.39. The lowest BCUT2D eigenvalue weighted by molar-refractivity contribution is -0.144. The summed E-state index contributed by atoms with van der Waals surface area (Å²) < 4.78 is 51.1. The first kappa shape index (κ1) is 28.0. The van der Waals surface area contributed by atoms with Gasteiger partial charge in [0.1, 0.15) is 17.4 Å². The van der Waals surface area contributed by atoms with Crippen molar-refractivity contribution < 1.29 is 26.8 Å². The number of nitrogens with one attached hydrogen (secondary N) is 3. The summed E-state index contributed by atoms with van der Waals surface area (Å²) in [4.78, 5) is 40.1. The maximum atomic E-state index is 12.9. The van der Waals surface area contributed by atoms with Crippen molar-refractivity contribution in [3.63, 3.8) is 0 Å². The summed E-state index contributed by atoms with van der Waals surface area (Å²) in [5.41, 5.74) is 3.34. The minimum absolute atomic E-state index is 0.0244. The van der Waals surface area contributed by atoms with Crippen LogP contribution in [0.2, 0.25) is 0 Å². The average molecular weight is 611 g/mol. The maximum absolute atomic E-state index is 12.9. The van der Waals surface area contributed by atoms with E-state index in [9.17, 15) is 22.8 Å². The Bertz CT molecular complexity index is 2020. The van der Waals surface area contributed by atoms with Crippen LogP contribution in [0.5, 0.6) is 0 Å². The molecule has 0 saturated carbocycles. The van der Waals surface area contributed by atoms with E-state index in [0.717, 1.165) is 23.0 Å². The van der Waals surface area contributed by atoms with Crippen molar-refractivity contribution in [3.8, 4) is 0 Å². The molecule has 12 nitrogen and oxygen atoms in total. The van der Waals surface area contributed by atoms with Gasteiger partial charge >= 0.3 is 11.9 Å². The van der Waals surface area contributed by atoms with Gasteiger partial charge in [0.15, 0.2) is 17.3 Å². The fourth-order valence-electron chi connectivity index (χ4n) is 4.69. The van der Waals surface area contributed by atoms with Crippen molar-refractivity contribution in [3.05, 3.63) is 103 Å². The molecule has 1 amide bonds. The molecule has 220 valence electrons. The monoisotopic (exact) mass is 610 g/mol. The Kier molecular flexibility index (Phi) is 6.92. The van der Waals surface area contributed by atoms with Crippen LogP contribution < -0.4 is 11.0 Å². The quantitative estimate of drug-likeness (QED) is 0.224. The number of oxazole rings is 2. The average Bonchev–Trinajstić information content (AvgIpc) is 3.69. The van der Waals surface area contributed by atoms with E-state index in [1.165, 1.54) is 4.57 Å². The summed E-state index contributed by atoms with van der Waals surface area (Å²) in [5, 5.41) is 7.13. The van der Waals surface area contributed by atoms with E-state index in [4.69, 9.17) is 26.0 Å². The van der Waals surface area contributed by atoms with Crippen LogP contribution in [0.1, 0.15) is 74.6 Å². The lowest BCUT2D eigenvalue weighted by Crippen LogP contribution is -2.25. The molecule has 0 spiro atoms. The highest BCUT2D eigenvalue weighted by Gasteiger charge is 2.35. The van der Waals surface area contributed by atoms with Crippen LogP contribution >= 0.6 is 12.2 Å². The topological polar surface area (TPSA) is 161 Å². The number of carbonyl (C=O) groups excluding carboxylic acids is 1. The number of benzene rings is 1. The normalized spacial score (nSPS) is 14.3. The number of hydrogen-bond donors (Lipinski definition) is 3. The molecule has 0 aliphatic heterocycles. The largest absolute Gasteiger partial charge is 0.451 e. The van der Waals surface area contributed by atoms with E-state index < -0.39 is 35.5 Å². The van der Waals surface area contributed by atoms with Crippen LogP contribution in [0.15, 0.2) is 44.3 Å². The predicted octanol–water partition coefficient (Wildman–Crippen LogP) is 4.85. The van der Waals surface area contributed by atoms with Gasteiger partial charge in [-0.3, -0.25) is 24.8 Å². The zero-order chi connectivity index (χ0) is 30.5. The van der Waals surface area contributed by atoms with Crippen LogP contribution in [-0.4, -0.2) is 40.6 Å². The Morgan fingerprint density at radius 2 is 1.98 bits per heavy atom. The number of fused-ring (bicyclic) bond motifs is 2. The molecule has 1 aliphatic rings. The Labute approximate surface area is 244 Å². The van der Waals surface area contributed by atoms with Crippen LogP contribution in [0, 0.1) is 11.6 Å². The molecule has 43 heavy (non-hydrogen) atoms. The molecule has 1 unspecified atom stereocenters. The van der Waals surface area contributed by atoms with E-state index in [1.54, 1.807) is 11.3 Å². The van der Waals surface area contributed by atoms with E-state index in [-0.39, 0.29) is 22.8 Å². The molecule has 0 saturated heterocycles. The molecule has 16 heteroatoms. The number of aryl methyl sites for hydroxylation is 2. The summed E-state index contributed by atoms with van der Waals surface area (Å²) in [6, 6.07) is 6.01. The summed E-state index contributed by atoms with van der Waals surface area (Å²) in [6.45, 7) is 3.73. The molecule has 4 heterocycles. The van der Waals surface area contributed by atoms with Crippen LogP contribution in [0.25, 0.3) is 12.2 Å². The Morgan fingerprint density at radius 1 is 1.16 bits per heavy atom. The van der Waals surface area contributed by atoms with Gasteiger partial charge in [0.25, 0.3) is 5.91 Å². The molecular weight excluding hydrogens is 589 g/mol. The first-order valence-electron chi connectivity index (χ1n) is 12.9. The van der Waals surface area contributed by atoms with E-state index in [2.05, 4.69) is 25.4 Å². The lowest BCUT2D eigenvalue weighted by atomic mass is 9.87. The second-order valence-corrected chi connectivity index (χ2v) is 10.1. The molecule has 5 aromatic rings. The molecule has 0 radical (unpaired) electrons. The van der Waals surface area contributed by atoms with Gasteiger partial charge in [0.05, 0.1) is 11.6 Å². The highest BCUT2D eigenvalue weighted by atomic mass is 32.1. The fraction of sp³-hybridized carbons (Fsp3) is 0.222. The van der Waals surface area contributed by atoms with Crippen molar-refractivity contribution in [2.24, 2.45) is 0 Å². The lowest BCUT2D eigenvalue weighted by Gasteiger charge is -2.19. The predicted molar refractivity (Wildman–Crippen MR) is 148 cm³/mol. The number of halogens is 3. The molecule has 1 aliphatic carbocycles. The van der Waals surface area contributed by atoms with Crippen molar-refractivity contribution in [1.29, 1.82) is 0 Å². The van der Waals surface area contributed by atoms with Crippen molar-refractivity contribution >= 4 is 36.2 Å². The van der Waals surface area contributed by atoms with E-state index in [0.29, 0.717) is 29.3 Å². The number of anilines is 1. The second kappa shape index (κ2) is 10.6. The maximum Gasteiger partial charge on any atom is 0.451 e. The third-order valence-corrected chi connectivity index (χ3v) is 7.03. The Hall–Kier alpha value is -5.12. The van der Waals surface area contributed by atoms with Gasteiger partial charge in [-0.25, -0.2) is 14.8 Å². The number of H-pyrrole nitrogens is 2. The smallest absolute Gasteiger partial charge is 0.446 e. The number of rotatable bonds is 6. The fourth-order valence-corrected chi connectivity index (χ4v) is 4.95. The SMILES string of the molecule is CCc1nc2c(o1)C=Cc1cc(C)ccc1C2c1cn(Cc2nc(C(=O)Nc3n[nH]c(C(F)(F)F)n3)co2)c(=O)[nH]c1=S. The van der Waals surface area contributed by atoms with Crippen molar-refractivity contribution in [1.82, 2.24) is 34.7 Å². The van der Waals surface area contributed by atoms with Crippen molar-refractivity contribution in [2.45, 2.75) is 38.9 Å². The van der Waals surface area contributed by atoms with Gasteiger partial charge < -0.3 is 8.83 Å². The minimum atomic E-state index is -4.76. The standard InChI is InChI=1S/C27H21F3N8O4S/c1-3-18-32-21-17(42-18)7-5-13-8-12(2)4-6-14(13)20(21)15-9-38(26(40)34-23(15)43)10-19-31-16(11-41-19)22(39)33-25-35-24(36-37-25)27(28,29)30/h4-9,11,20H,3,10H2,1-2H3,(H,34,40,43)(H2,33,35,36,37,39). The molecule has 1 atom stereocenters. The third kappa shape index (κ3) is 5.43. The summed E-state index contributed by atoms with van der Waals surface area (Å²) >= 11 is 5.61. The number of alkyl halides is 3. The number of carbonyl (C=O) groups is 1. The first-order valence-corrected chi connectivity index (χ1v) is 13.3. The third-order valence-electron chi connectivity index (χ3n) is 6.69. The molecule has 4 aromatic heterocycles. The molecular formula is C27H21F3N8O4S. The van der Waals surface area contributed by atoms with Gasteiger partial charge in [-0.05, 0) is 24.1 Å². The van der Waals surface area contributed by atoms with Gasteiger partial charge in [0, 0.05) is 18.2 Å². The molecule has 1 aromatic carbocycles. The molecule has 0 fully saturated rings. The van der Waals surface area contributed by atoms with E-state index in [1.807, 2.05) is 44.2 Å². The van der Waals surface area contributed by atoms with Gasteiger partial charge in [0.2, 0.25) is 17.7 Å². The molecule has 6 rings (SSSR count). The van der Waals surface area contributed by atoms with Crippen LogP contribution in [0.4, 0.5) is 19.1 Å². The zero-order valence-electron chi connectivity index (χ0n) is 22.4. The van der Waals surface area contributed by atoms with Crippen molar-refractivity contribution in [2.75, 3.05) is 5.32 Å². The van der Waals surface area contributed by atoms with Crippen LogP contribution in [-0.2, 0) is 19.1 Å². The van der Waals surface area contributed by atoms with Gasteiger partial charge in [-0.2, -0.15) is 18.2 Å². The number of hydrogen-bond acceptors (Lipinski definition) is 9. The number of nitrogens with zero attached hydrogens (tertiary/aromatic N) is 5. The minimum Gasteiger partial charge on any atom is -0.446 e. The second-order valence-electron chi connectivity index (χ2n) is 9.67. The molecule has 0 bridgehead atoms. The van der Waals surface area contributed by atoms with Gasteiger partial charge in [-0.15, -0.1) is 5.10 Å². The number of aromatic nitrogens is 7. The summed E-state index contributed by atoms with van der Waals surface area (Å²) in [7, 11) is 0. The molecule has 3 N–H and O–H groups in total.